The SMILES string of the molecule is NS(=O)(=O)c1ccc(CNS(=O)(=O)Cc2ccc(F)cc2)cc1. The van der Waals surface area contributed by atoms with Crippen molar-refractivity contribution in [2.45, 2.75) is 17.2 Å². The van der Waals surface area contributed by atoms with Gasteiger partial charge in [-0.1, -0.05) is 24.3 Å². The lowest BCUT2D eigenvalue weighted by Gasteiger charge is -2.07. The summed E-state index contributed by atoms with van der Waals surface area (Å²) in [5.74, 6) is -0.711. The lowest BCUT2D eigenvalue weighted by atomic mass is 10.2. The van der Waals surface area contributed by atoms with Crippen LogP contribution in [-0.2, 0) is 32.3 Å². The van der Waals surface area contributed by atoms with Gasteiger partial charge in [-0.2, -0.15) is 0 Å². The van der Waals surface area contributed by atoms with Crippen LogP contribution in [-0.4, -0.2) is 16.8 Å². The van der Waals surface area contributed by atoms with Gasteiger partial charge < -0.3 is 0 Å². The molecular weight excluding hydrogens is 343 g/mol. The Kier molecular flexibility index (Phi) is 5.15. The second-order valence-corrected chi connectivity index (χ2v) is 8.26. The number of benzene rings is 2. The molecule has 0 spiro atoms. The van der Waals surface area contributed by atoms with Crippen LogP contribution in [0.1, 0.15) is 11.1 Å². The molecule has 0 bridgehead atoms. The molecule has 0 saturated heterocycles. The molecule has 0 aliphatic carbocycles. The highest BCUT2D eigenvalue weighted by atomic mass is 32.2. The number of sulfonamides is 2. The van der Waals surface area contributed by atoms with Crippen LogP contribution in [0.3, 0.4) is 0 Å². The molecule has 124 valence electrons. The zero-order chi connectivity index (χ0) is 17.1. The average molecular weight is 358 g/mol. The average Bonchev–Trinajstić information content (AvgIpc) is 2.47. The highest BCUT2D eigenvalue weighted by Crippen LogP contribution is 2.10. The van der Waals surface area contributed by atoms with E-state index in [9.17, 15) is 21.2 Å². The minimum absolute atomic E-state index is 0.00836. The second-order valence-electron chi connectivity index (χ2n) is 4.90. The molecule has 0 aromatic heterocycles. The van der Waals surface area contributed by atoms with E-state index in [1.165, 1.54) is 48.5 Å². The molecule has 0 aliphatic heterocycles. The van der Waals surface area contributed by atoms with Crippen molar-refractivity contribution in [3.63, 3.8) is 0 Å². The molecule has 0 atom stereocenters. The summed E-state index contributed by atoms with van der Waals surface area (Å²) >= 11 is 0. The van der Waals surface area contributed by atoms with E-state index in [4.69, 9.17) is 5.14 Å². The Morgan fingerprint density at radius 1 is 0.870 bits per heavy atom. The number of hydrogen-bond acceptors (Lipinski definition) is 4. The summed E-state index contributed by atoms with van der Waals surface area (Å²) in [7, 11) is -7.38. The summed E-state index contributed by atoms with van der Waals surface area (Å²) < 4.78 is 61.4. The molecule has 2 aromatic rings. The van der Waals surface area contributed by atoms with E-state index in [0.29, 0.717) is 11.1 Å². The lowest BCUT2D eigenvalue weighted by Crippen LogP contribution is -2.24. The number of nitrogens with two attached hydrogens (primary N) is 1. The molecule has 0 amide bonds. The van der Waals surface area contributed by atoms with Crippen molar-refractivity contribution in [1.82, 2.24) is 4.72 Å². The van der Waals surface area contributed by atoms with Crippen molar-refractivity contribution in [3.8, 4) is 0 Å². The fourth-order valence-corrected chi connectivity index (χ4v) is 3.48. The maximum atomic E-state index is 12.8. The summed E-state index contributed by atoms with van der Waals surface area (Å²) in [6, 6.07) is 10.7. The van der Waals surface area contributed by atoms with Crippen molar-refractivity contribution in [3.05, 3.63) is 65.5 Å². The van der Waals surface area contributed by atoms with Crippen LogP contribution < -0.4 is 9.86 Å². The topological polar surface area (TPSA) is 106 Å². The number of primary sulfonamides is 1. The van der Waals surface area contributed by atoms with Crippen molar-refractivity contribution < 1.29 is 21.2 Å². The lowest BCUT2D eigenvalue weighted by molar-refractivity contribution is 0.579. The first-order valence-electron chi connectivity index (χ1n) is 6.49. The van der Waals surface area contributed by atoms with E-state index in [1.807, 2.05) is 0 Å². The minimum Gasteiger partial charge on any atom is -0.225 e. The molecule has 0 fully saturated rings. The van der Waals surface area contributed by atoms with E-state index in [1.54, 1.807) is 0 Å². The Bertz CT molecular complexity index is 877. The number of halogens is 1. The smallest absolute Gasteiger partial charge is 0.225 e. The van der Waals surface area contributed by atoms with Crippen LogP contribution >= 0.6 is 0 Å². The van der Waals surface area contributed by atoms with Crippen molar-refractivity contribution in [1.29, 1.82) is 0 Å². The van der Waals surface area contributed by atoms with Crippen molar-refractivity contribution >= 4 is 20.0 Å². The molecule has 9 heteroatoms. The predicted octanol–water partition coefficient (Wildman–Crippen LogP) is 1.09. The van der Waals surface area contributed by atoms with Crippen LogP contribution in [0.5, 0.6) is 0 Å². The molecule has 23 heavy (non-hydrogen) atoms. The van der Waals surface area contributed by atoms with E-state index in [2.05, 4.69) is 4.72 Å². The largest absolute Gasteiger partial charge is 0.238 e. The van der Waals surface area contributed by atoms with Crippen LogP contribution in [0.25, 0.3) is 0 Å². The third kappa shape index (κ3) is 5.39. The zero-order valence-electron chi connectivity index (χ0n) is 11.9. The van der Waals surface area contributed by atoms with Crippen LogP contribution in [0, 0.1) is 5.82 Å². The fraction of sp³-hybridized carbons (Fsp3) is 0.143. The summed E-state index contributed by atoms with van der Waals surface area (Å²) in [4.78, 5) is -0.0459. The zero-order valence-corrected chi connectivity index (χ0v) is 13.6. The molecule has 0 heterocycles. The molecule has 6 nitrogen and oxygen atoms in total. The van der Waals surface area contributed by atoms with Gasteiger partial charge >= 0.3 is 0 Å². The highest BCUT2D eigenvalue weighted by molar-refractivity contribution is 7.89. The highest BCUT2D eigenvalue weighted by Gasteiger charge is 2.12. The van der Waals surface area contributed by atoms with Gasteiger partial charge in [0.05, 0.1) is 10.6 Å². The third-order valence-corrected chi connectivity index (χ3v) is 5.24. The van der Waals surface area contributed by atoms with Gasteiger partial charge in [-0.05, 0) is 35.4 Å². The van der Waals surface area contributed by atoms with Gasteiger partial charge in [0.2, 0.25) is 20.0 Å². The van der Waals surface area contributed by atoms with Crippen molar-refractivity contribution in [2.24, 2.45) is 5.14 Å². The van der Waals surface area contributed by atoms with Gasteiger partial charge in [0, 0.05) is 6.54 Å². The second kappa shape index (κ2) is 6.75. The Labute approximate surface area is 134 Å². The maximum Gasteiger partial charge on any atom is 0.238 e. The van der Waals surface area contributed by atoms with E-state index >= 15 is 0 Å². The molecule has 0 radical (unpaired) electrons. The Morgan fingerprint density at radius 2 is 1.39 bits per heavy atom. The Morgan fingerprint density at radius 3 is 1.91 bits per heavy atom. The van der Waals surface area contributed by atoms with Crippen LogP contribution in [0.15, 0.2) is 53.4 Å². The number of nitrogens with one attached hydrogen (secondary N) is 1. The molecule has 0 aliphatic rings. The van der Waals surface area contributed by atoms with Crippen LogP contribution in [0.4, 0.5) is 4.39 Å². The minimum atomic E-state index is -3.78. The molecule has 0 saturated carbocycles. The Balaban J connectivity index is 2.00. The van der Waals surface area contributed by atoms with Gasteiger partial charge in [-0.25, -0.2) is 31.1 Å². The van der Waals surface area contributed by atoms with E-state index in [0.717, 1.165) is 0 Å². The maximum absolute atomic E-state index is 12.8. The summed E-state index contributed by atoms with van der Waals surface area (Å²) in [5.41, 5.74) is 1.04. The number of rotatable bonds is 6. The van der Waals surface area contributed by atoms with Gasteiger partial charge in [0.25, 0.3) is 0 Å². The molecular formula is C14H15FN2O4S2. The molecule has 2 rings (SSSR count). The van der Waals surface area contributed by atoms with Crippen molar-refractivity contribution in [2.75, 3.05) is 0 Å². The summed E-state index contributed by atoms with van der Waals surface area (Å²) in [5, 5.41) is 4.98. The standard InChI is InChI=1S/C14H15FN2O4S2/c15-13-5-1-12(2-6-13)10-22(18,19)17-9-11-3-7-14(8-4-11)23(16,20)21/h1-8,17H,9-10H2,(H2,16,20,21). The van der Waals surface area contributed by atoms with Gasteiger partial charge in [-0.15, -0.1) is 0 Å². The fourth-order valence-electron chi connectivity index (χ4n) is 1.84. The first-order chi connectivity index (χ1) is 10.7. The molecule has 0 unspecified atom stereocenters. The van der Waals surface area contributed by atoms with Crippen LogP contribution in [0.2, 0.25) is 0 Å². The monoisotopic (exact) mass is 358 g/mol. The third-order valence-electron chi connectivity index (χ3n) is 3.02. The summed E-state index contributed by atoms with van der Waals surface area (Å²) in [6.45, 7) is 0.00836. The molecule has 3 N–H and O–H groups in total. The predicted molar refractivity (Wildman–Crippen MR) is 83.7 cm³/mol. The normalized spacial score (nSPS) is 12.3. The quantitative estimate of drug-likeness (QED) is 0.806. The Hall–Kier alpha value is -1.81. The summed E-state index contributed by atoms with van der Waals surface area (Å²) in [6.07, 6.45) is 0. The first kappa shape index (κ1) is 17.5. The van der Waals surface area contributed by atoms with Gasteiger partial charge in [0.15, 0.2) is 0 Å². The molecule has 2 aromatic carbocycles. The van der Waals surface area contributed by atoms with E-state index < -0.39 is 25.9 Å². The first-order valence-corrected chi connectivity index (χ1v) is 9.69. The van der Waals surface area contributed by atoms with Gasteiger partial charge in [0.1, 0.15) is 5.82 Å². The van der Waals surface area contributed by atoms with Gasteiger partial charge in [-0.3, -0.25) is 0 Å². The van der Waals surface area contributed by atoms with E-state index in [-0.39, 0.29) is 17.2 Å². The number of hydrogen-bond donors (Lipinski definition) is 2.